The maximum Gasteiger partial charge on any atom is 0.00747 e. The minimum absolute atomic E-state index is 0.601. The second-order valence-electron chi connectivity index (χ2n) is 6.73. The van der Waals surface area contributed by atoms with E-state index in [1.54, 1.807) is 0 Å². The van der Waals surface area contributed by atoms with Crippen LogP contribution in [0.4, 0.5) is 0 Å². The maximum atomic E-state index is 3.86. The van der Waals surface area contributed by atoms with E-state index in [9.17, 15) is 0 Å². The molecule has 0 bridgehead atoms. The summed E-state index contributed by atoms with van der Waals surface area (Å²) >= 11 is 0. The van der Waals surface area contributed by atoms with Crippen molar-refractivity contribution >= 4 is 0 Å². The zero-order valence-electron chi connectivity index (χ0n) is 10.7. The van der Waals surface area contributed by atoms with Gasteiger partial charge in [0.05, 0.1) is 0 Å². The Morgan fingerprint density at radius 1 is 1.00 bits per heavy atom. The van der Waals surface area contributed by atoms with Gasteiger partial charge < -0.3 is 5.32 Å². The van der Waals surface area contributed by atoms with E-state index in [-0.39, 0.29) is 0 Å². The van der Waals surface area contributed by atoms with Gasteiger partial charge in [0.15, 0.2) is 0 Å². The summed E-state index contributed by atoms with van der Waals surface area (Å²) in [5.74, 6) is 0.977. The highest BCUT2D eigenvalue weighted by Gasteiger charge is 2.29. The molecule has 2 aliphatic rings. The zero-order chi connectivity index (χ0) is 10.9. The smallest absolute Gasteiger partial charge is 0.00747 e. The van der Waals surface area contributed by atoms with Crippen LogP contribution in [0, 0.1) is 11.3 Å². The van der Waals surface area contributed by atoms with Crippen molar-refractivity contribution in [2.24, 2.45) is 11.3 Å². The average molecular weight is 209 g/mol. The van der Waals surface area contributed by atoms with Gasteiger partial charge in [-0.1, -0.05) is 27.2 Å². The summed E-state index contributed by atoms with van der Waals surface area (Å²) in [6.07, 6.45) is 9.90. The Kier molecular flexibility index (Phi) is 3.39. The molecule has 2 fully saturated rings. The lowest BCUT2D eigenvalue weighted by Crippen LogP contribution is -2.45. The standard InChI is InChI=1S/C14H27N/c1-11-9-13(10-11)15-12-5-4-7-14(2,3)8-6-12/h11-13,15H,4-10H2,1-3H3. The van der Waals surface area contributed by atoms with E-state index in [2.05, 4.69) is 26.1 Å². The third-order valence-electron chi connectivity index (χ3n) is 4.42. The Labute approximate surface area is 95.0 Å². The lowest BCUT2D eigenvalue weighted by molar-refractivity contribution is 0.213. The van der Waals surface area contributed by atoms with Gasteiger partial charge in [-0.25, -0.2) is 0 Å². The van der Waals surface area contributed by atoms with Crippen molar-refractivity contribution in [2.45, 2.75) is 77.8 Å². The topological polar surface area (TPSA) is 12.0 Å². The molecule has 0 aromatic heterocycles. The van der Waals surface area contributed by atoms with Gasteiger partial charge >= 0.3 is 0 Å². The van der Waals surface area contributed by atoms with Gasteiger partial charge in [0.25, 0.3) is 0 Å². The van der Waals surface area contributed by atoms with Crippen molar-refractivity contribution in [3.63, 3.8) is 0 Å². The third-order valence-corrected chi connectivity index (χ3v) is 4.42. The monoisotopic (exact) mass is 209 g/mol. The predicted octanol–water partition coefficient (Wildman–Crippen LogP) is 3.73. The molecule has 0 spiro atoms. The van der Waals surface area contributed by atoms with E-state index in [1.807, 2.05) is 0 Å². The van der Waals surface area contributed by atoms with Crippen LogP contribution in [0.15, 0.2) is 0 Å². The van der Waals surface area contributed by atoms with Gasteiger partial charge in [-0.05, 0) is 49.9 Å². The van der Waals surface area contributed by atoms with Gasteiger partial charge in [0, 0.05) is 12.1 Å². The molecule has 0 aromatic carbocycles. The highest BCUT2D eigenvalue weighted by molar-refractivity contribution is 4.87. The van der Waals surface area contributed by atoms with Crippen molar-refractivity contribution in [3.05, 3.63) is 0 Å². The first kappa shape index (κ1) is 11.4. The predicted molar refractivity (Wildman–Crippen MR) is 66.0 cm³/mol. The Hall–Kier alpha value is -0.0400. The van der Waals surface area contributed by atoms with Gasteiger partial charge in [0.2, 0.25) is 0 Å². The van der Waals surface area contributed by atoms with E-state index in [0.29, 0.717) is 5.41 Å². The molecule has 2 rings (SSSR count). The fourth-order valence-electron chi connectivity index (χ4n) is 3.20. The van der Waals surface area contributed by atoms with E-state index in [0.717, 1.165) is 18.0 Å². The second kappa shape index (κ2) is 4.45. The third kappa shape index (κ3) is 3.21. The molecule has 1 heteroatoms. The molecule has 1 N–H and O–H groups in total. The summed E-state index contributed by atoms with van der Waals surface area (Å²) < 4.78 is 0. The van der Waals surface area contributed by atoms with Crippen molar-refractivity contribution in [2.75, 3.05) is 0 Å². The summed E-state index contributed by atoms with van der Waals surface area (Å²) in [6.45, 7) is 7.23. The Morgan fingerprint density at radius 3 is 2.40 bits per heavy atom. The molecule has 15 heavy (non-hydrogen) atoms. The van der Waals surface area contributed by atoms with Crippen LogP contribution in [-0.4, -0.2) is 12.1 Å². The number of hydrogen-bond acceptors (Lipinski definition) is 1. The van der Waals surface area contributed by atoms with E-state index in [4.69, 9.17) is 0 Å². The highest BCUT2D eigenvalue weighted by Crippen LogP contribution is 2.35. The summed E-state index contributed by atoms with van der Waals surface area (Å²) in [5.41, 5.74) is 0.601. The average Bonchev–Trinajstić information content (AvgIpc) is 2.25. The second-order valence-corrected chi connectivity index (χ2v) is 6.73. The highest BCUT2D eigenvalue weighted by atomic mass is 15.0. The minimum atomic E-state index is 0.601. The molecular formula is C14H27N. The fraction of sp³-hybridized carbons (Fsp3) is 1.00. The van der Waals surface area contributed by atoms with E-state index < -0.39 is 0 Å². The molecule has 0 aliphatic heterocycles. The first-order valence-electron chi connectivity index (χ1n) is 6.81. The lowest BCUT2D eigenvalue weighted by atomic mass is 9.81. The summed E-state index contributed by atoms with van der Waals surface area (Å²) in [4.78, 5) is 0. The summed E-state index contributed by atoms with van der Waals surface area (Å²) in [6, 6.07) is 1.68. The number of rotatable bonds is 2. The Balaban J connectivity index is 1.74. The van der Waals surface area contributed by atoms with Crippen molar-refractivity contribution in [1.29, 1.82) is 0 Å². The molecule has 2 aliphatic carbocycles. The van der Waals surface area contributed by atoms with Crippen LogP contribution in [0.5, 0.6) is 0 Å². The Bertz CT molecular complexity index is 203. The van der Waals surface area contributed by atoms with Crippen molar-refractivity contribution < 1.29 is 0 Å². The van der Waals surface area contributed by atoms with Crippen LogP contribution in [0.2, 0.25) is 0 Å². The lowest BCUT2D eigenvalue weighted by Gasteiger charge is -2.36. The van der Waals surface area contributed by atoms with Gasteiger partial charge in [-0.2, -0.15) is 0 Å². The van der Waals surface area contributed by atoms with E-state index in [1.165, 1.54) is 44.9 Å². The molecule has 88 valence electrons. The molecule has 1 atom stereocenters. The molecule has 0 radical (unpaired) electrons. The fourth-order valence-corrected chi connectivity index (χ4v) is 3.20. The normalized spacial score (nSPS) is 40.6. The van der Waals surface area contributed by atoms with Gasteiger partial charge in [-0.3, -0.25) is 0 Å². The SMILES string of the molecule is CC1CC(NC2CCCC(C)(C)CC2)C1. The first-order valence-corrected chi connectivity index (χ1v) is 6.81. The summed E-state index contributed by atoms with van der Waals surface area (Å²) in [7, 11) is 0. The number of nitrogens with one attached hydrogen (secondary N) is 1. The van der Waals surface area contributed by atoms with Crippen LogP contribution >= 0.6 is 0 Å². The quantitative estimate of drug-likeness (QED) is 0.683. The molecule has 0 amide bonds. The Morgan fingerprint density at radius 2 is 1.73 bits per heavy atom. The molecule has 1 unspecified atom stereocenters. The first-order chi connectivity index (χ1) is 7.05. The van der Waals surface area contributed by atoms with Gasteiger partial charge in [0.1, 0.15) is 0 Å². The van der Waals surface area contributed by atoms with Crippen LogP contribution < -0.4 is 5.32 Å². The molecule has 2 saturated carbocycles. The van der Waals surface area contributed by atoms with Crippen molar-refractivity contribution in [3.8, 4) is 0 Å². The summed E-state index contributed by atoms with van der Waals surface area (Å²) in [5, 5.41) is 3.86. The van der Waals surface area contributed by atoms with Crippen LogP contribution in [0.3, 0.4) is 0 Å². The molecule has 1 nitrogen and oxygen atoms in total. The van der Waals surface area contributed by atoms with Crippen LogP contribution in [0.1, 0.15) is 65.7 Å². The molecule has 0 saturated heterocycles. The van der Waals surface area contributed by atoms with Gasteiger partial charge in [-0.15, -0.1) is 0 Å². The minimum Gasteiger partial charge on any atom is -0.311 e. The largest absolute Gasteiger partial charge is 0.311 e. The molecule has 0 heterocycles. The van der Waals surface area contributed by atoms with Crippen LogP contribution in [-0.2, 0) is 0 Å². The zero-order valence-corrected chi connectivity index (χ0v) is 10.7. The van der Waals surface area contributed by atoms with E-state index >= 15 is 0 Å². The number of hydrogen-bond donors (Lipinski definition) is 1. The van der Waals surface area contributed by atoms with Crippen LogP contribution in [0.25, 0.3) is 0 Å². The molecule has 0 aromatic rings. The molecular weight excluding hydrogens is 182 g/mol. The van der Waals surface area contributed by atoms with Crippen molar-refractivity contribution in [1.82, 2.24) is 5.32 Å². The maximum absolute atomic E-state index is 3.86.